The second-order valence-electron chi connectivity index (χ2n) is 5.55. The highest BCUT2D eigenvalue weighted by atomic mass is 16.6. The fraction of sp³-hybridized carbons (Fsp3) is 0.600. The lowest BCUT2D eigenvalue weighted by molar-refractivity contribution is -0.384. The molecule has 1 aliphatic rings. The van der Waals surface area contributed by atoms with E-state index in [1.165, 1.54) is 25.0 Å². The fourth-order valence-electron chi connectivity index (χ4n) is 2.20. The molecule has 0 spiro atoms. The summed E-state index contributed by atoms with van der Waals surface area (Å²) >= 11 is 0. The zero-order chi connectivity index (χ0) is 15.2. The molecule has 1 aromatic rings. The molecule has 0 amide bonds. The number of nitrogens with zero attached hydrogens (tertiary/aromatic N) is 2. The van der Waals surface area contributed by atoms with Crippen LogP contribution < -0.4 is 10.1 Å². The van der Waals surface area contributed by atoms with Crippen LogP contribution in [0, 0.1) is 10.1 Å². The van der Waals surface area contributed by atoms with Crippen molar-refractivity contribution in [3.05, 3.63) is 34.4 Å². The molecule has 1 atom stereocenters. The average Bonchev–Trinajstić information content (AvgIpc) is 3.31. The Hall–Kier alpha value is -1.66. The van der Waals surface area contributed by atoms with E-state index in [1.54, 1.807) is 12.1 Å². The Bertz CT molecular complexity index is 460. The van der Waals surface area contributed by atoms with E-state index in [0.29, 0.717) is 18.4 Å². The monoisotopic (exact) mass is 293 g/mol. The van der Waals surface area contributed by atoms with Crippen molar-refractivity contribution in [2.75, 3.05) is 26.7 Å². The van der Waals surface area contributed by atoms with E-state index in [9.17, 15) is 10.1 Å². The second-order valence-corrected chi connectivity index (χ2v) is 5.55. The van der Waals surface area contributed by atoms with Crippen LogP contribution in [0.2, 0.25) is 0 Å². The van der Waals surface area contributed by atoms with E-state index in [2.05, 4.69) is 24.2 Å². The van der Waals surface area contributed by atoms with Crippen LogP contribution in [0.4, 0.5) is 5.69 Å². The molecule has 21 heavy (non-hydrogen) atoms. The Morgan fingerprint density at radius 2 is 2.10 bits per heavy atom. The van der Waals surface area contributed by atoms with Gasteiger partial charge in [-0.05, 0) is 38.9 Å². The van der Waals surface area contributed by atoms with Gasteiger partial charge in [-0.1, -0.05) is 0 Å². The summed E-state index contributed by atoms with van der Waals surface area (Å²) in [5, 5.41) is 13.9. The summed E-state index contributed by atoms with van der Waals surface area (Å²) in [6.07, 6.45) is 2.65. The number of non-ortho nitro benzene ring substituents is 1. The van der Waals surface area contributed by atoms with Gasteiger partial charge in [0.25, 0.3) is 5.69 Å². The number of hydrogen-bond donors (Lipinski definition) is 1. The zero-order valence-electron chi connectivity index (χ0n) is 12.6. The van der Waals surface area contributed by atoms with Gasteiger partial charge in [0.15, 0.2) is 0 Å². The molecule has 0 bridgehead atoms. The highest BCUT2D eigenvalue weighted by Gasteiger charge is 2.28. The molecule has 6 heteroatoms. The molecule has 0 aliphatic heterocycles. The van der Waals surface area contributed by atoms with Gasteiger partial charge in [-0.2, -0.15) is 0 Å². The number of benzene rings is 1. The summed E-state index contributed by atoms with van der Waals surface area (Å²) in [5.74, 6) is 0.658. The minimum absolute atomic E-state index is 0.0809. The van der Waals surface area contributed by atoms with Crippen LogP contribution in [0.3, 0.4) is 0 Å². The van der Waals surface area contributed by atoms with Crippen molar-refractivity contribution in [2.45, 2.75) is 31.8 Å². The average molecular weight is 293 g/mol. The predicted octanol–water partition coefficient (Wildman–Crippen LogP) is 2.05. The van der Waals surface area contributed by atoms with Crippen LogP contribution in [-0.2, 0) is 0 Å². The summed E-state index contributed by atoms with van der Waals surface area (Å²) in [6.45, 7) is 4.48. The highest BCUT2D eigenvalue weighted by molar-refractivity contribution is 5.35. The first kappa shape index (κ1) is 15.7. The molecule has 2 rings (SSSR count). The smallest absolute Gasteiger partial charge is 0.269 e. The summed E-state index contributed by atoms with van der Waals surface area (Å²) < 4.78 is 5.54. The first-order valence-electron chi connectivity index (χ1n) is 7.38. The number of rotatable bonds is 9. The zero-order valence-corrected chi connectivity index (χ0v) is 12.6. The highest BCUT2D eigenvalue weighted by Crippen LogP contribution is 2.26. The molecule has 1 N–H and O–H groups in total. The minimum Gasteiger partial charge on any atom is -0.492 e. The topological polar surface area (TPSA) is 67.6 Å². The van der Waals surface area contributed by atoms with Crippen molar-refractivity contribution >= 4 is 5.69 Å². The van der Waals surface area contributed by atoms with Crippen LogP contribution in [0.1, 0.15) is 19.8 Å². The van der Waals surface area contributed by atoms with Crippen molar-refractivity contribution in [3.63, 3.8) is 0 Å². The Morgan fingerprint density at radius 3 is 2.67 bits per heavy atom. The Balaban J connectivity index is 1.59. The molecule has 1 aliphatic carbocycles. The van der Waals surface area contributed by atoms with E-state index in [1.807, 2.05) is 0 Å². The van der Waals surface area contributed by atoms with E-state index in [-0.39, 0.29) is 5.69 Å². The maximum absolute atomic E-state index is 10.5. The quantitative estimate of drug-likeness (QED) is 0.429. The van der Waals surface area contributed by atoms with Crippen molar-refractivity contribution in [3.8, 4) is 5.75 Å². The molecule has 1 unspecified atom stereocenters. The fourth-order valence-corrected chi connectivity index (χ4v) is 2.20. The van der Waals surface area contributed by atoms with E-state index in [0.717, 1.165) is 19.1 Å². The number of nitrogens with one attached hydrogen (secondary N) is 1. The molecule has 1 fully saturated rings. The number of ether oxygens (including phenoxy) is 1. The Morgan fingerprint density at radius 1 is 1.43 bits per heavy atom. The van der Waals surface area contributed by atoms with Gasteiger partial charge in [0.05, 0.1) is 4.92 Å². The lowest BCUT2D eigenvalue weighted by atomic mass is 10.3. The SMILES string of the molecule is CC(CNCCOc1ccc([N+](=O)[O-])cc1)N(C)C1CC1. The molecule has 1 aromatic carbocycles. The van der Waals surface area contributed by atoms with E-state index >= 15 is 0 Å². The predicted molar refractivity (Wildman–Crippen MR) is 81.7 cm³/mol. The van der Waals surface area contributed by atoms with Crippen molar-refractivity contribution in [2.24, 2.45) is 0 Å². The van der Waals surface area contributed by atoms with Gasteiger partial charge < -0.3 is 10.1 Å². The van der Waals surface area contributed by atoms with Gasteiger partial charge in [0.1, 0.15) is 12.4 Å². The second kappa shape index (κ2) is 7.38. The largest absolute Gasteiger partial charge is 0.492 e. The molecule has 0 aromatic heterocycles. The Kier molecular flexibility index (Phi) is 5.52. The standard InChI is InChI=1S/C15H23N3O3/c1-12(17(2)13-3-4-13)11-16-9-10-21-15-7-5-14(6-8-15)18(19)20/h5-8,12-13,16H,3-4,9-11H2,1-2H3. The van der Waals surface area contributed by atoms with Crippen molar-refractivity contribution in [1.82, 2.24) is 10.2 Å². The number of likely N-dealkylation sites (N-methyl/N-ethyl adjacent to an activating group) is 1. The maximum Gasteiger partial charge on any atom is 0.269 e. The molecule has 6 nitrogen and oxygen atoms in total. The van der Waals surface area contributed by atoms with E-state index < -0.39 is 4.92 Å². The van der Waals surface area contributed by atoms with Gasteiger partial charge in [0, 0.05) is 37.3 Å². The Labute approximate surface area is 125 Å². The summed E-state index contributed by atoms with van der Waals surface area (Å²) in [5.41, 5.74) is 0.0809. The van der Waals surface area contributed by atoms with Crippen LogP contribution in [-0.4, -0.2) is 48.7 Å². The number of nitro benzene ring substituents is 1. The third-order valence-corrected chi connectivity index (χ3v) is 3.85. The van der Waals surface area contributed by atoms with Gasteiger partial charge in [-0.3, -0.25) is 15.0 Å². The third-order valence-electron chi connectivity index (χ3n) is 3.85. The molecule has 1 saturated carbocycles. The van der Waals surface area contributed by atoms with E-state index in [4.69, 9.17) is 4.74 Å². The minimum atomic E-state index is -0.414. The van der Waals surface area contributed by atoms with Crippen molar-refractivity contribution in [1.29, 1.82) is 0 Å². The molecular weight excluding hydrogens is 270 g/mol. The normalized spacial score (nSPS) is 16.0. The van der Waals surface area contributed by atoms with Crippen molar-refractivity contribution < 1.29 is 9.66 Å². The first-order valence-corrected chi connectivity index (χ1v) is 7.38. The molecular formula is C15H23N3O3. The van der Waals surface area contributed by atoms with Gasteiger partial charge in [0.2, 0.25) is 0 Å². The van der Waals surface area contributed by atoms with Crippen LogP contribution in [0.15, 0.2) is 24.3 Å². The van der Waals surface area contributed by atoms with Crippen LogP contribution in [0.5, 0.6) is 5.75 Å². The van der Waals surface area contributed by atoms with Gasteiger partial charge >= 0.3 is 0 Å². The third kappa shape index (κ3) is 4.99. The lowest BCUT2D eigenvalue weighted by Gasteiger charge is -2.24. The lowest BCUT2D eigenvalue weighted by Crippen LogP contribution is -2.40. The maximum atomic E-state index is 10.5. The number of hydrogen-bond acceptors (Lipinski definition) is 5. The first-order chi connectivity index (χ1) is 10.1. The summed E-state index contributed by atoms with van der Waals surface area (Å²) in [7, 11) is 2.18. The van der Waals surface area contributed by atoms with Gasteiger partial charge in [-0.15, -0.1) is 0 Å². The summed E-state index contributed by atoms with van der Waals surface area (Å²) in [4.78, 5) is 12.5. The van der Waals surface area contributed by atoms with Crippen LogP contribution in [0.25, 0.3) is 0 Å². The molecule has 116 valence electrons. The van der Waals surface area contributed by atoms with Crippen LogP contribution >= 0.6 is 0 Å². The molecule has 0 saturated heterocycles. The van der Waals surface area contributed by atoms with Gasteiger partial charge in [-0.25, -0.2) is 0 Å². The molecule has 0 heterocycles. The summed E-state index contributed by atoms with van der Waals surface area (Å²) in [6, 6.07) is 7.46. The number of nitro groups is 1. The molecule has 0 radical (unpaired) electrons.